The summed E-state index contributed by atoms with van der Waals surface area (Å²) in [5, 5.41) is 8.46. The number of rotatable bonds is 1. The molecule has 0 aromatic heterocycles. The number of hydrogen-bond acceptors (Lipinski definition) is 3. The monoisotopic (exact) mass is 163 g/mol. The number of nitrogens with zero attached hydrogens (tertiary/aromatic N) is 1. The van der Waals surface area contributed by atoms with E-state index < -0.39 is 0 Å². The minimum atomic E-state index is -0.389. The highest BCUT2D eigenvalue weighted by molar-refractivity contribution is 5.89. The van der Waals surface area contributed by atoms with Gasteiger partial charge in [-0.05, 0) is 24.3 Å². The Morgan fingerprint density at radius 2 is 2.00 bits per heavy atom. The lowest BCUT2D eigenvalue weighted by Gasteiger charge is -1.97. The Balaban J connectivity index is 2.94. The van der Waals surface area contributed by atoms with Gasteiger partial charge in [-0.1, -0.05) is 0 Å². The summed E-state index contributed by atoms with van der Waals surface area (Å²) in [5.74, 6) is -0.389. The molecule has 0 amide bonds. The molecular weight excluding hydrogens is 156 g/mol. The molecule has 0 bridgehead atoms. The second kappa shape index (κ2) is 3.54. The van der Waals surface area contributed by atoms with E-state index in [0.717, 1.165) is 0 Å². The molecule has 1 aromatic rings. The first-order valence-corrected chi connectivity index (χ1v) is 3.36. The highest BCUT2D eigenvalue weighted by Gasteiger charge is 2.03. The summed E-state index contributed by atoms with van der Waals surface area (Å²) in [7, 11) is 1.32. The van der Waals surface area contributed by atoms with Gasteiger partial charge in [0, 0.05) is 0 Å². The van der Waals surface area contributed by atoms with Gasteiger partial charge in [-0.15, -0.1) is 0 Å². The Morgan fingerprint density at radius 3 is 2.42 bits per heavy atom. The van der Waals surface area contributed by atoms with Crippen molar-refractivity contribution in [1.82, 2.24) is 0 Å². The Bertz CT molecular complexity index is 321. The summed E-state index contributed by atoms with van der Waals surface area (Å²) in [4.78, 5) is 10.9. The van der Waals surface area contributed by atoms with Crippen LogP contribution in [-0.4, -0.2) is 13.1 Å². The number of nitriles is 1. The van der Waals surface area contributed by atoms with Crippen LogP contribution in [-0.2, 0) is 4.74 Å². The zero-order valence-corrected chi connectivity index (χ0v) is 6.57. The highest BCUT2D eigenvalue weighted by atomic mass is 16.5. The van der Waals surface area contributed by atoms with E-state index in [4.69, 9.17) is 5.26 Å². The molecular formula is C9H7NO2. The lowest BCUT2D eigenvalue weighted by molar-refractivity contribution is 0.0601. The van der Waals surface area contributed by atoms with Crippen LogP contribution in [0.15, 0.2) is 24.3 Å². The fourth-order valence-electron chi connectivity index (χ4n) is 0.799. The number of hydrogen-bond donors (Lipinski definition) is 0. The number of methoxy groups -OCH3 is 1. The van der Waals surface area contributed by atoms with Crippen LogP contribution in [0.2, 0.25) is 0 Å². The average molecular weight is 163 g/mol. The van der Waals surface area contributed by atoms with Crippen LogP contribution in [0.25, 0.3) is 0 Å². The maximum absolute atomic E-state index is 10.9. The van der Waals surface area contributed by atoms with Crippen LogP contribution in [0.5, 0.6) is 0 Å². The van der Waals surface area contributed by atoms with Crippen LogP contribution >= 0.6 is 0 Å². The molecule has 12 heavy (non-hydrogen) atoms. The molecule has 0 heterocycles. The molecule has 0 saturated heterocycles. The van der Waals surface area contributed by atoms with Crippen molar-refractivity contribution in [3.63, 3.8) is 0 Å². The van der Waals surface area contributed by atoms with Crippen molar-refractivity contribution >= 4 is 5.97 Å². The van der Waals surface area contributed by atoms with Crippen molar-refractivity contribution in [2.45, 2.75) is 0 Å². The topological polar surface area (TPSA) is 50.1 Å². The smallest absolute Gasteiger partial charge is 0.337 e. The summed E-state index contributed by atoms with van der Waals surface area (Å²) in [5.41, 5.74) is 0.985. The zero-order chi connectivity index (χ0) is 8.97. The van der Waals surface area contributed by atoms with Crippen LogP contribution in [0.3, 0.4) is 0 Å². The molecule has 0 fully saturated rings. The molecule has 3 nitrogen and oxygen atoms in total. The summed E-state index contributed by atoms with van der Waals surface area (Å²) in [6, 6.07) is 8.23. The number of benzene rings is 1. The van der Waals surface area contributed by atoms with E-state index >= 15 is 0 Å². The van der Waals surface area contributed by atoms with Gasteiger partial charge in [-0.25, -0.2) is 4.79 Å². The summed E-state index contributed by atoms with van der Waals surface area (Å²) < 4.78 is 4.49. The Kier molecular flexibility index (Phi) is 2.44. The Morgan fingerprint density at radius 1 is 1.42 bits per heavy atom. The molecule has 0 spiro atoms. The third-order valence-corrected chi connectivity index (χ3v) is 1.44. The van der Waals surface area contributed by atoms with E-state index in [9.17, 15) is 4.79 Å². The van der Waals surface area contributed by atoms with Gasteiger partial charge in [-0.2, -0.15) is 5.26 Å². The van der Waals surface area contributed by atoms with Crippen molar-refractivity contribution in [3.05, 3.63) is 35.4 Å². The zero-order valence-electron chi connectivity index (χ0n) is 6.57. The molecule has 1 aromatic carbocycles. The second-order valence-electron chi connectivity index (χ2n) is 2.18. The number of esters is 1. The first kappa shape index (κ1) is 8.28. The quantitative estimate of drug-likeness (QED) is 0.587. The molecule has 0 aliphatic carbocycles. The maximum Gasteiger partial charge on any atom is 0.337 e. The van der Waals surface area contributed by atoms with Crippen LogP contribution in [0, 0.1) is 11.3 Å². The van der Waals surface area contributed by atoms with E-state index in [1.807, 2.05) is 6.07 Å². The normalized spacial score (nSPS) is 8.67. The van der Waals surface area contributed by atoms with Gasteiger partial charge in [0.25, 0.3) is 0 Å². The molecule has 0 aliphatic rings. The van der Waals surface area contributed by atoms with Crippen molar-refractivity contribution < 1.29 is 9.53 Å². The predicted octanol–water partition coefficient (Wildman–Crippen LogP) is 1.34. The van der Waals surface area contributed by atoms with Crippen LogP contribution in [0.1, 0.15) is 15.9 Å². The molecule has 3 heteroatoms. The fourth-order valence-corrected chi connectivity index (χ4v) is 0.799. The van der Waals surface area contributed by atoms with Gasteiger partial charge in [0.1, 0.15) is 0 Å². The van der Waals surface area contributed by atoms with Crippen LogP contribution in [0.4, 0.5) is 0 Å². The van der Waals surface area contributed by atoms with Crippen LogP contribution < -0.4 is 0 Å². The lowest BCUT2D eigenvalue weighted by Crippen LogP contribution is -2.00. The van der Waals surface area contributed by atoms with Gasteiger partial charge in [-0.3, -0.25) is 0 Å². The maximum atomic E-state index is 10.9. The summed E-state index contributed by atoms with van der Waals surface area (Å²) >= 11 is 0. The molecule has 0 atom stereocenters. The molecule has 0 unspecified atom stereocenters. The number of carbonyl (C=O) groups excluding carboxylic acids is 1. The van der Waals surface area contributed by atoms with E-state index in [1.165, 1.54) is 7.11 Å². The standard InChI is InChI=1S/C9H7NO2/c1-12-9(11)8-4-2-7(6-10)3-5-8/h2-5H,1H3/i6+2. The van der Waals surface area contributed by atoms with E-state index in [0.29, 0.717) is 11.1 Å². The van der Waals surface area contributed by atoms with Crippen molar-refractivity contribution in [2.75, 3.05) is 7.11 Å². The minimum Gasteiger partial charge on any atom is -0.465 e. The third kappa shape index (κ3) is 1.61. The summed E-state index contributed by atoms with van der Waals surface area (Å²) in [6.07, 6.45) is 0. The van der Waals surface area contributed by atoms with Crippen molar-refractivity contribution in [3.8, 4) is 6.07 Å². The first-order valence-electron chi connectivity index (χ1n) is 3.36. The van der Waals surface area contributed by atoms with Gasteiger partial charge >= 0.3 is 5.97 Å². The SMILES string of the molecule is COC(=O)c1ccc([14C]#N)cc1. The number of ether oxygens (including phenoxy) is 1. The molecule has 0 saturated carbocycles. The number of carbonyl (C=O) groups is 1. The molecule has 0 aliphatic heterocycles. The molecule has 60 valence electrons. The average Bonchev–Trinajstić information content (AvgIpc) is 2.17. The molecule has 0 radical (unpaired) electrons. The molecule has 1 rings (SSSR count). The Hall–Kier alpha value is -1.82. The fraction of sp³-hybridized carbons (Fsp3) is 0.111. The van der Waals surface area contributed by atoms with Crippen molar-refractivity contribution in [1.29, 1.82) is 5.26 Å². The summed E-state index contributed by atoms with van der Waals surface area (Å²) in [6.45, 7) is 0. The van der Waals surface area contributed by atoms with Crippen molar-refractivity contribution in [2.24, 2.45) is 0 Å². The second-order valence-corrected chi connectivity index (χ2v) is 2.18. The predicted molar refractivity (Wildman–Crippen MR) is 42.5 cm³/mol. The lowest BCUT2D eigenvalue weighted by atomic mass is 10.2. The minimum absolute atomic E-state index is 0.389. The first-order chi connectivity index (χ1) is 5.77. The van der Waals surface area contributed by atoms with Gasteiger partial charge in [0.05, 0.1) is 24.3 Å². The van der Waals surface area contributed by atoms with Gasteiger partial charge in [0.2, 0.25) is 0 Å². The van der Waals surface area contributed by atoms with E-state index in [1.54, 1.807) is 24.3 Å². The third-order valence-electron chi connectivity index (χ3n) is 1.44. The van der Waals surface area contributed by atoms with E-state index in [2.05, 4.69) is 4.74 Å². The molecule has 0 N–H and O–H groups in total. The largest absolute Gasteiger partial charge is 0.465 e. The van der Waals surface area contributed by atoms with E-state index in [-0.39, 0.29) is 5.97 Å². The van der Waals surface area contributed by atoms with Gasteiger partial charge in [0.15, 0.2) is 0 Å². The van der Waals surface area contributed by atoms with Gasteiger partial charge < -0.3 is 4.74 Å². The highest BCUT2D eigenvalue weighted by Crippen LogP contribution is 2.03. The Labute approximate surface area is 70.2 Å².